The Labute approximate surface area is 92.7 Å². The van der Waals surface area contributed by atoms with Gasteiger partial charge in [-0.1, -0.05) is 12.1 Å². The second kappa shape index (κ2) is 6.81. The summed E-state index contributed by atoms with van der Waals surface area (Å²) in [5, 5.41) is 16.6. The van der Waals surface area contributed by atoms with Crippen molar-refractivity contribution in [3.8, 4) is 0 Å². The van der Waals surface area contributed by atoms with Gasteiger partial charge in [0.2, 0.25) is 0 Å². The lowest BCUT2D eigenvalue weighted by atomic mass is 10.2. The molecule has 0 aromatic heterocycles. The molecule has 0 amide bonds. The maximum Gasteiger partial charge on any atom is 0.107 e. The fraction of sp³-hybridized carbons (Fsp3) is 0.400. The van der Waals surface area contributed by atoms with E-state index in [4.69, 9.17) is 10.5 Å². The van der Waals surface area contributed by atoms with Crippen LogP contribution in [0.15, 0.2) is 29.2 Å². The molecule has 0 fully saturated rings. The van der Waals surface area contributed by atoms with Crippen molar-refractivity contribution in [1.82, 2.24) is 0 Å². The largest absolute Gasteiger partial charge is 0.252 e. The Balaban J connectivity index is 2.42. The predicted molar refractivity (Wildman–Crippen MR) is 57.8 cm³/mol. The van der Waals surface area contributed by atoms with Crippen LogP contribution in [0.3, 0.4) is 0 Å². The van der Waals surface area contributed by atoms with E-state index >= 15 is 0 Å². The van der Waals surface area contributed by atoms with Crippen molar-refractivity contribution in [2.45, 2.75) is 24.5 Å². The molecule has 1 aromatic carbocycles. The molecule has 1 atom stereocenters. The number of rotatable bonds is 6. The summed E-state index contributed by atoms with van der Waals surface area (Å²) in [6.45, 7) is 1.99. The van der Waals surface area contributed by atoms with Crippen molar-refractivity contribution in [2.24, 2.45) is 0 Å². The van der Waals surface area contributed by atoms with Crippen LogP contribution in [0.25, 0.3) is 0 Å². The molecule has 0 saturated heterocycles. The summed E-state index contributed by atoms with van der Waals surface area (Å²) >= 11 is 1.59. The molecule has 15 heavy (non-hydrogen) atoms. The van der Waals surface area contributed by atoms with E-state index in [9.17, 15) is 0 Å². The first-order chi connectivity index (χ1) is 7.26. The molecule has 0 aliphatic rings. The molecular formula is C10H14O4S. The predicted octanol–water partition coefficient (Wildman–Crippen LogP) is 2.65. The monoisotopic (exact) mass is 230 g/mol. The molecule has 84 valence electrons. The first-order valence-electron chi connectivity index (χ1n) is 4.54. The lowest BCUT2D eigenvalue weighted by molar-refractivity contribution is -0.267. The van der Waals surface area contributed by atoms with Gasteiger partial charge in [0, 0.05) is 10.6 Å². The summed E-state index contributed by atoms with van der Waals surface area (Å²) in [7, 11) is 0. The molecule has 0 radical (unpaired) electrons. The van der Waals surface area contributed by atoms with Gasteiger partial charge in [0.05, 0.1) is 6.10 Å². The fourth-order valence-corrected chi connectivity index (χ4v) is 1.82. The molecule has 4 nitrogen and oxygen atoms in total. The van der Waals surface area contributed by atoms with Gasteiger partial charge in [-0.2, -0.15) is 0 Å². The molecule has 0 aliphatic carbocycles. The van der Waals surface area contributed by atoms with E-state index in [1.165, 1.54) is 0 Å². The van der Waals surface area contributed by atoms with Gasteiger partial charge < -0.3 is 0 Å². The van der Waals surface area contributed by atoms with Crippen LogP contribution in [-0.2, 0) is 16.4 Å². The average Bonchev–Trinajstić information content (AvgIpc) is 2.28. The van der Waals surface area contributed by atoms with Crippen LogP contribution in [0.2, 0.25) is 0 Å². The smallest absolute Gasteiger partial charge is 0.107 e. The van der Waals surface area contributed by atoms with E-state index in [0.29, 0.717) is 5.75 Å². The molecule has 1 aromatic rings. The standard InChI is InChI=1S/C10H14O4S/c1-8(14-12)7-15-10-4-2-9(3-5-10)6-13-11/h2-5,8,11-12H,6-7H2,1H3. The summed E-state index contributed by atoms with van der Waals surface area (Å²) < 4.78 is 0. The molecular weight excluding hydrogens is 216 g/mol. The third-order valence-electron chi connectivity index (χ3n) is 1.82. The Morgan fingerprint density at radius 3 is 2.47 bits per heavy atom. The van der Waals surface area contributed by atoms with Gasteiger partial charge in [-0.05, 0) is 24.6 Å². The first kappa shape index (κ1) is 12.5. The minimum absolute atomic E-state index is 0.185. The van der Waals surface area contributed by atoms with E-state index in [1.807, 2.05) is 24.3 Å². The summed E-state index contributed by atoms with van der Waals surface area (Å²) in [6, 6.07) is 7.62. The third-order valence-corrected chi connectivity index (χ3v) is 3.06. The quantitative estimate of drug-likeness (QED) is 0.447. The Morgan fingerprint density at radius 1 is 1.27 bits per heavy atom. The number of hydrogen-bond donors (Lipinski definition) is 2. The van der Waals surface area contributed by atoms with Crippen LogP contribution in [0.5, 0.6) is 0 Å². The minimum atomic E-state index is -0.185. The van der Waals surface area contributed by atoms with E-state index in [2.05, 4.69) is 9.78 Å². The van der Waals surface area contributed by atoms with Gasteiger partial charge in [-0.25, -0.2) is 9.78 Å². The van der Waals surface area contributed by atoms with Crippen molar-refractivity contribution >= 4 is 11.8 Å². The third kappa shape index (κ3) is 4.63. The summed E-state index contributed by atoms with van der Waals surface area (Å²) in [4.78, 5) is 9.27. The van der Waals surface area contributed by atoms with Crippen molar-refractivity contribution in [1.29, 1.82) is 0 Å². The molecule has 0 spiro atoms. The van der Waals surface area contributed by atoms with Gasteiger partial charge in [-0.15, -0.1) is 11.8 Å². The van der Waals surface area contributed by atoms with Gasteiger partial charge in [0.1, 0.15) is 6.61 Å². The molecule has 5 heteroatoms. The summed E-state index contributed by atoms with van der Waals surface area (Å²) in [5.74, 6) is 0.687. The first-order valence-corrected chi connectivity index (χ1v) is 5.53. The molecule has 0 saturated carbocycles. The second-order valence-electron chi connectivity index (χ2n) is 3.14. The zero-order valence-electron chi connectivity index (χ0n) is 8.42. The molecule has 0 heterocycles. The number of benzene rings is 1. The highest BCUT2D eigenvalue weighted by molar-refractivity contribution is 7.99. The van der Waals surface area contributed by atoms with Crippen LogP contribution in [0, 0.1) is 0 Å². The van der Waals surface area contributed by atoms with E-state index in [-0.39, 0.29) is 12.7 Å². The minimum Gasteiger partial charge on any atom is -0.252 e. The SMILES string of the molecule is CC(CSc1ccc(COO)cc1)OO. The molecule has 1 unspecified atom stereocenters. The maximum absolute atomic E-state index is 8.37. The van der Waals surface area contributed by atoms with Crippen molar-refractivity contribution in [3.63, 3.8) is 0 Å². The van der Waals surface area contributed by atoms with Crippen LogP contribution >= 0.6 is 11.8 Å². The van der Waals surface area contributed by atoms with Gasteiger partial charge in [0.15, 0.2) is 0 Å². The maximum atomic E-state index is 8.37. The highest BCUT2D eigenvalue weighted by Gasteiger charge is 2.02. The van der Waals surface area contributed by atoms with E-state index in [1.54, 1.807) is 18.7 Å². The van der Waals surface area contributed by atoms with Gasteiger partial charge >= 0.3 is 0 Å². The molecule has 0 bridgehead atoms. The Bertz CT molecular complexity index is 275. The molecule has 1 rings (SSSR count). The van der Waals surface area contributed by atoms with Crippen molar-refractivity contribution in [2.75, 3.05) is 5.75 Å². The van der Waals surface area contributed by atoms with Gasteiger partial charge in [-0.3, -0.25) is 10.5 Å². The lowest BCUT2D eigenvalue weighted by Gasteiger charge is -2.07. The molecule has 0 aliphatic heterocycles. The number of hydrogen-bond acceptors (Lipinski definition) is 5. The number of thioether (sulfide) groups is 1. The Morgan fingerprint density at radius 2 is 1.93 bits per heavy atom. The molecule has 2 N–H and O–H groups in total. The van der Waals surface area contributed by atoms with Crippen molar-refractivity contribution in [3.05, 3.63) is 29.8 Å². The fourth-order valence-electron chi connectivity index (χ4n) is 1.00. The highest BCUT2D eigenvalue weighted by atomic mass is 32.2. The summed E-state index contributed by atoms with van der Waals surface area (Å²) in [5.41, 5.74) is 0.910. The van der Waals surface area contributed by atoms with E-state index in [0.717, 1.165) is 10.5 Å². The average molecular weight is 230 g/mol. The Kier molecular flexibility index (Phi) is 5.67. The normalized spacial score (nSPS) is 12.7. The lowest BCUT2D eigenvalue weighted by Crippen LogP contribution is -2.07. The Hall–Kier alpha value is -0.590. The van der Waals surface area contributed by atoms with Crippen LogP contribution in [-0.4, -0.2) is 22.4 Å². The zero-order chi connectivity index (χ0) is 11.1. The summed E-state index contributed by atoms with van der Waals surface area (Å²) in [6.07, 6.45) is -0.185. The highest BCUT2D eigenvalue weighted by Crippen LogP contribution is 2.20. The van der Waals surface area contributed by atoms with Crippen molar-refractivity contribution < 1.29 is 20.3 Å². The van der Waals surface area contributed by atoms with Gasteiger partial charge in [0.25, 0.3) is 0 Å². The van der Waals surface area contributed by atoms with Crippen LogP contribution < -0.4 is 0 Å². The van der Waals surface area contributed by atoms with E-state index < -0.39 is 0 Å². The second-order valence-corrected chi connectivity index (χ2v) is 4.24. The zero-order valence-corrected chi connectivity index (χ0v) is 9.24. The topological polar surface area (TPSA) is 58.9 Å². The van der Waals surface area contributed by atoms with Crippen LogP contribution in [0.1, 0.15) is 12.5 Å². The van der Waals surface area contributed by atoms with Crippen LogP contribution in [0.4, 0.5) is 0 Å².